The highest BCUT2D eigenvalue weighted by atomic mass is 19.2. The molecule has 0 radical (unpaired) electrons. The number of amides is 1. The molecule has 1 unspecified atom stereocenters. The van der Waals surface area contributed by atoms with Crippen molar-refractivity contribution in [3.8, 4) is 0 Å². The number of hydrogen-bond donors (Lipinski definition) is 3. The minimum atomic E-state index is -1.68. The van der Waals surface area contributed by atoms with Gasteiger partial charge in [0.2, 0.25) is 5.91 Å². The monoisotopic (exact) mass is 289 g/mol. The van der Waals surface area contributed by atoms with Crippen LogP contribution in [0.4, 0.5) is 18.9 Å². The maximum Gasteiger partial charge on any atom is 0.235 e. The van der Waals surface area contributed by atoms with Crippen LogP contribution in [0.2, 0.25) is 0 Å². The van der Waals surface area contributed by atoms with Crippen LogP contribution in [0, 0.1) is 23.4 Å². The molecule has 0 heterocycles. The van der Waals surface area contributed by atoms with Crippen LogP contribution >= 0.6 is 0 Å². The number of halogens is 3. The molecule has 8 heteroatoms. The molecule has 0 spiro atoms. The van der Waals surface area contributed by atoms with Crippen LogP contribution in [0.5, 0.6) is 0 Å². The van der Waals surface area contributed by atoms with Crippen LogP contribution in [0.3, 0.4) is 0 Å². The third-order valence-corrected chi connectivity index (χ3v) is 2.66. The third kappa shape index (κ3) is 3.40. The first-order valence-electron chi connectivity index (χ1n) is 5.84. The fourth-order valence-electron chi connectivity index (χ4n) is 1.61. The van der Waals surface area contributed by atoms with E-state index in [1.807, 2.05) is 0 Å². The number of nitrogens with two attached hydrogens (primary N) is 1. The fraction of sp³-hybridized carbons (Fsp3) is 0.333. The van der Waals surface area contributed by atoms with Crippen molar-refractivity contribution >= 4 is 17.4 Å². The molecule has 1 rings (SSSR count). The lowest BCUT2D eigenvalue weighted by molar-refractivity contribution is -0.118. The molecule has 0 aliphatic carbocycles. The summed E-state index contributed by atoms with van der Waals surface area (Å²) in [5, 5.41) is 13.4. The summed E-state index contributed by atoms with van der Waals surface area (Å²) >= 11 is 0. The molecule has 0 saturated carbocycles. The Hall–Kier alpha value is -2.25. The normalized spacial score (nSPS) is 13.1. The van der Waals surface area contributed by atoms with Crippen LogP contribution in [-0.2, 0) is 4.79 Å². The summed E-state index contributed by atoms with van der Waals surface area (Å²) in [6, 6.07) is 1.58. The van der Waals surface area contributed by atoms with E-state index in [1.165, 1.54) is 0 Å². The van der Waals surface area contributed by atoms with E-state index >= 15 is 0 Å². The van der Waals surface area contributed by atoms with E-state index < -0.39 is 35.0 Å². The van der Waals surface area contributed by atoms with Gasteiger partial charge < -0.3 is 16.3 Å². The van der Waals surface area contributed by atoms with Gasteiger partial charge in [-0.25, -0.2) is 13.2 Å². The third-order valence-electron chi connectivity index (χ3n) is 2.66. The highest BCUT2D eigenvalue weighted by molar-refractivity contribution is 6.07. The Labute approximate surface area is 113 Å². The van der Waals surface area contributed by atoms with Crippen molar-refractivity contribution in [3.05, 3.63) is 29.6 Å². The number of benzene rings is 1. The summed E-state index contributed by atoms with van der Waals surface area (Å²) in [4.78, 5) is 11.9. The Morgan fingerprint density at radius 1 is 1.40 bits per heavy atom. The van der Waals surface area contributed by atoms with Gasteiger partial charge in [-0.05, 0) is 18.6 Å². The number of rotatable bonds is 5. The van der Waals surface area contributed by atoms with Gasteiger partial charge in [-0.3, -0.25) is 4.79 Å². The number of nitrogens with one attached hydrogen (secondary N) is 1. The zero-order valence-corrected chi connectivity index (χ0v) is 10.7. The first kappa shape index (κ1) is 15.8. The molecule has 5 nitrogen and oxygen atoms in total. The fourth-order valence-corrected chi connectivity index (χ4v) is 1.61. The predicted octanol–water partition coefficient (Wildman–Crippen LogP) is 2.21. The lowest BCUT2D eigenvalue weighted by Crippen LogP contribution is -2.34. The number of carbonyl (C=O) groups excluding carboxylic acids is 1. The number of anilines is 1. The van der Waals surface area contributed by atoms with Gasteiger partial charge in [0.25, 0.3) is 0 Å². The Bertz CT molecular complexity index is 535. The lowest BCUT2D eigenvalue weighted by atomic mass is 10.0. The van der Waals surface area contributed by atoms with E-state index in [4.69, 9.17) is 10.9 Å². The van der Waals surface area contributed by atoms with Gasteiger partial charge in [0.05, 0.1) is 11.6 Å². The molecule has 1 aromatic carbocycles. The van der Waals surface area contributed by atoms with Crippen molar-refractivity contribution in [1.29, 1.82) is 0 Å². The van der Waals surface area contributed by atoms with Crippen LogP contribution in [-0.4, -0.2) is 17.0 Å². The van der Waals surface area contributed by atoms with Gasteiger partial charge >= 0.3 is 0 Å². The van der Waals surface area contributed by atoms with Crippen molar-refractivity contribution in [2.24, 2.45) is 16.8 Å². The maximum absolute atomic E-state index is 13.4. The van der Waals surface area contributed by atoms with Crippen molar-refractivity contribution in [2.75, 3.05) is 5.32 Å². The van der Waals surface area contributed by atoms with Crippen molar-refractivity contribution in [1.82, 2.24) is 0 Å². The van der Waals surface area contributed by atoms with Crippen LogP contribution in [0.25, 0.3) is 0 Å². The Balaban J connectivity index is 2.97. The second-order valence-electron chi connectivity index (χ2n) is 4.08. The highest BCUT2D eigenvalue weighted by Gasteiger charge is 2.24. The van der Waals surface area contributed by atoms with E-state index in [2.05, 4.69) is 10.5 Å². The minimum Gasteiger partial charge on any atom is -0.409 e. The SMILES string of the molecule is CCCC(C(=O)Nc1ccc(F)c(F)c1F)C(N)=NO. The smallest absolute Gasteiger partial charge is 0.235 e. The van der Waals surface area contributed by atoms with Crippen molar-refractivity contribution in [3.63, 3.8) is 0 Å². The summed E-state index contributed by atoms with van der Waals surface area (Å²) in [7, 11) is 0. The van der Waals surface area contributed by atoms with Crippen molar-refractivity contribution < 1.29 is 23.2 Å². The van der Waals surface area contributed by atoms with E-state index in [1.54, 1.807) is 6.92 Å². The summed E-state index contributed by atoms with van der Waals surface area (Å²) in [5.74, 6) is -6.65. The van der Waals surface area contributed by atoms with E-state index in [-0.39, 0.29) is 12.3 Å². The molecule has 0 fully saturated rings. The van der Waals surface area contributed by atoms with E-state index in [0.29, 0.717) is 12.5 Å². The second-order valence-corrected chi connectivity index (χ2v) is 4.08. The van der Waals surface area contributed by atoms with E-state index in [9.17, 15) is 18.0 Å². The standard InChI is InChI=1S/C12H14F3N3O2/c1-2-3-6(11(16)18-20)12(19)17-8-5-4-7(13)9(14)10(8)15/h4-6,20H,2-3H2,1H3,(H2,16,18)(H,17,19). The average molecular weight is 289 g/mol. The first-order valence-corrected chi connectivity index (χ1v) is 5.84. The zero-order valence-electron chi connectivity index (χ0n) is 10.7. The van der Waals surface area contributed by atoms with Crippen LogP contribution in [0.1, 0.15) is 19.8 Å². The number of amidine groups is 1. The number of nitrogens with zero attached hydrogens (tertiary/aromatic N) is 1. The van der Waals surface area contributed by atoms with Gasteiger partial charge in [0.15, 0.2) is 23.3 Å². The molecular weight excluding hydrogens is 275 g/mol. The Morgan fingerprint density at radius 3 is 2.60 bits per heavy atom. The van der Waals surface area contributed by atoms with Gasteiger partial charge in [-0.2, -0.15) is 0 Å². The summed E-state index contributed by atoms with van der Waals surface area (Å²) in [5.41, 5.74) is 4.85. The molecule has 0 bridgehead atoms. The molecule has 0 aliphatic heterocycles. The minimum absolute atomic E-state index is 0.257. The molecule has 4 N–H and O–H groups in total. The number of carbonyl (C=O) groups is 1. The number of oxime groups is 1. The Kier molecular flexibility index (Phi) is 5.36. The molecular formula is C12H14F3N3O2. The quantitative estimate of drug-likeness (QED) is 0.255. The molecule has 1 amide bonds. The molecule has 0 aliphatic rings. The second kappa shape index (κ2) is 6.78. The first-order chi connectivity index (χ1) is 9.42. The lowest BCUT2D eigenvalue weighted by Gasteiger charge is -2.15. The summed E-state index contributed by atoms with van der Waals surface area (Å²) in [6.07, 6.45) is 0.807. The van der Waals surface area contributed by atoms with Crippen molar-refractivity contribution in [2.45, 2.75) is 19.8 Å². The van der Waals surface area contributed by atoms with Gasteiger partial charge in [-0.1, -0.05) is 18.5 Å². The largest absolute Gasteiger partial charge is 0.409 e. The van der Waals surface area contributed by atoms with Gasteiger partial charge in [-0.15, -0.1) is 0 Å². The molecule has 20 heavy (non-hydrogen) atoms. The molecule has 1 atom stereocenters. The predicted molar refractivity (Wildman–Crippen MR) is 66.8 cm³/mol. The summed E-state index contributed by atoms with van der Waals surface area (Å²) < 4.78 is 39.2. The Morgan fingerprint density at radius 2 is 2.05 bits per heavy atom. The molecule has 110 valence electrons. The zero-order chi connectivity index (χ0) is 15.3. The topological polar surface area (TPSA) is 87.7 Å². The van der Waals surface area contributed by atoms with E-state index in [0.717, 1.165) is 6.07 Å². The molecule has 0 aromatic heterocycles. The van der Waals surface area contributed by atoms with Gasteiger partial charge in [0.1, 0.15) is 0 Å². The average Bonchev–Trinajstić information content (AvgIpc) is 2.44. The van der Waals surface area contributed by atoms with Crippen LogP contribution in [0.15, 0.2) is 17.3 Å². The van der Waals surface area contributed by atoms with Gasteiger partial charge in [0, 0.05) is 0 Å². The molecule has 1 aromatic rings. The number of hydrogen-bond acceptors (Lipinski definition) is 3. The summed E-state index contributed by atoms with van der Waals surface area (Å²) in [6.45, 7) is 1.77. The maximum atomic E-state index is 13.4. The molecule has 0 saturated heterocycles. The highest BCUT2D eigenvalue weighted by Crippen LogP contribution is 2.21. The van der Waals surface area contributed by atoms with Crippen LogP contribution < -0.4 is 11.1 Å².